The molecular weight excluding hydrogens is 510 g/mol. The van der Waals surface area contributed by atoms with Crippen LogP contribution in [0, 0.1) is 5.92 Å². The molecule has 3 N–H and O–H groups in total. The molecule has 3 aromatic rings. The van der Waals surface area contributed by atoms with Crippen molar-refractivity contribution in [2.24, 2.45) is 5.92 Å². The highest BCUT2D eigenvalue weighted by molar-refractivity contribution is 6.08. The second-order valence-corrected chi connectivity index (χ2v) is 10.3. The van der Waals surface area contributed by atoms with Crippen LogP contribution in [0.15, 0.2) is 60.8 Å². The van der Waals surface area contributed by atoms with Crippen LogP contribution < -0.4 is 20.7 Å². The van der Waals surface area contributed by atoms with Crippen molar-refractivity contribution in [2.75, 3.05) is 7.11 Å². The van der Waals surface area contributed by atoms with Gasteiger partial charge >= 0.3 is 5.97 Å². The summed E-state index contributed by atoms with van der Waals surface area (Å²) in [6, 6.07) is 14.0. The second-order valence-electron chi connectivity index (χ2n) is 10.3. The number of aryl methyl sites for hydroxylation is 1. The topological polar surface area (TPSA) is 123 Å². The summed E-state index contributed by atoms with van der Waals surface area (Å²) in [4.78, 5) is 51.4. The number of hydrogen-bond acceptors (Lipinski definition) is 6. The normalized spacial score (nSPS) is 20.8. The molecule has 1 saturated heterocycles. The first-order valence-electron chi connectivity index (χ1n) is 13.4. The van der Waals surface area contributed by atoms with Crippen molar-refractivity contribution >= 4 is 45.2 Å². The fourth-order valence-electron chi connectivity index (χ4n) is 5.03. The monoisotopic (exact) mass is 545 g/mol. The molecule has 0 spiro atoms. The maximum absolute atomic E-state index is 13.2. The van der Waals surface area contributed by atoms with Crippen LogP contribution in [-0.4, -0.2) is 49.0 Å². The number of esters is 1. The molecule has 9 nitrogen and oxygen atoms in total. The third-order valence-corrected chi connectivity index (χ3v) is 7.11. The van der Waals surface area contributed by atoms with Gasteiger partial charge in [0.2, 0.25) is 5.91 Å². The van der Waals surface area contributed by atoms with Gasteiger partial charge in [-0.2, -0.15) is 0 Å². The SMILES string of the molecule is C=C1NC(=O)[C@H](CCCc2c3ccccc3c(OC)c3ccccc23)NC(=O)[C@H](C(C)C)OC(=O)[C@H](C)NC1=O. The first-order valence-corrected chi connectivity index (χ1v) is 13.4. The molecule has 3 amide bonds. The van der Waals surface area contributed by atoms with E-state index in [0.29, 0.717) is 12.8 Å². The minimum atomic E-state index is -1.13. The summed E-state index contributed by atoms with van der Waals surface area (Å²) in [7, 11) is 1.66. The summed E-state index contributed by atoms with van der Waals surface area (Å²) < 4.78 is 11.2. The number of benzene rings is 3. The minimum absolute atomic E-state index is 0.225. The predicted molar refractivity (Wildman–Crippen MR) is 152 cm³/mol. The fraction of sp³-hybridized carbons (Fsp3) is 0.355. The quantitative estimate of drug-likeness (QED) is 0.248. The van der Waals surface area contributed by atoms with Gasteiger partial charge < -0.3 is 25.4 Å². The van der Waals surface area contributed by atoms with E-state index >= 15 is 0 Å². The van der Waals surface area contributed by atoms with E-state index in [-0.39, 0.29) is 18.0 Å². The van der Waals surface area contributed by atoms with Crippen LogP contribution in [0.1, 0.15) is 39.2 Å². The third-order valence-electron chi connectivity index (χ3n) is 7.11. The van der Waals surface area contributed by atoms with Gasteiger partial charge in [-0.25, -0.2) is 4.79 Å². The van der Waals surface area contributed by atoms with Gasteiger partial charge in [0.15, 0.2) is 6.10 Å². The zero-order chi connectivity index (χ0) is 29.0. The van der Waals surface area contributed by atoms with E-state index in [1.807, 2.05) is 36.4 Å². The van der Waals surface area contributed by atoms with E-state index in [1.165, 1.54) is 6.92 Å². The number of hydrogen-bond donors (Lipinski definition) is 3. The molecule has 9 heteroatoms. The van der Waals surface area contributed by atoms with Gasteiger partial charge in [0.05, 0.1) is 12.8 Å². The van der Waals surface area contributed by atoms with Crippen LogP contribution >= 0.6 is 0 Å². The highest BCUT2D eigenvalue weighted by Gasteiger charge is 2.33. The molecule has 3 aromatic carbocycles. The molecule has 0 radical (unpaired) electrons. The number of fused-ring (bicyclic) bond motifs is 2. The average molecular weight is 546 g/mol. The maximum Gasteiger partial charge on any atom is 0.329 e. The van der Waals surface area contributed by atoms with Crippen molar-refractivity contribution in [1.82, 2.24) is 16.0 Å². The Hall–Kier alpha value is -4.40. The van der Waals surface area contributed by atoms with E-state index in [4.69, 9.17) is 9.47 Å². The van der Waals surface area contributed by atoms with E-state index < -0.39 is 41.9 Å². The summed E-state index contributed by atoms with van der Waals surface area (Å²) in [5.74, 6) is -2.15. The van der Waals surface area contributed by atoms with Gasteiger partial charge in [-0.15, -0.1) is 0 Å². The standard InChI is InChI=1S/C31H35N3O6/c1-17(2)26-30(37)34-25(29(36)32-18(3)28(35)33-19(4)31(38)40-26)16-10-15-20-21-11-6-8-13-23(21)27(39-5)24-14-9-7-12-22(20)24/h6-9,11-14,17,19,25-26H,3,10,15-16H2,1-2,4-5H3,(H,32,36)(H,33,35)(H,34,37)/t19-,25-,26-/m0/s1. The highest BCUT2D eigenvalue weighted by atomic mass is 16.5. The van der Waals surface area contributed by atoms with Gasteiger partial charge in [-0.3, -0.25) is 14.4 Å². The van der Waals surface area contributed by atoms with Crippen molar-refractivity contribution in [2.45, 2.75) is 58.2 Å². The van der Waals surface area contributed by atoms with Gasteiger partial charge in [0.1, 0.15) is 17.8 Å². The molecule has 0 aromatic heterocycles. The number of cyclic esters (lactones) is 1. The summed E-state index contributed by atoms with van der Waals surface area (Å²) in [6.07, 6.45) is 0.308. The molecule has 1 heterocycles. The molecule has 1 aliphatic heterocycles. The summed E-state index contributed by atoms with van der Waals surface area (Å²) >= 11 is 0. The zero-order valence-electron chi connectivity index (χ0n) is 23.2. The van der Waals surface area contributed by atoms with Crippen molar-refractivity contribution in [3.8, 4) is 5.75 Å². The Morgan fingerprint density at radius 1 is 0.900 bits per heavy atom. The Balaban J connectivity index is 1.62. The lowest BCUT2D eigenvalue weighted by atomic mass is 9.92. The number of carbonyl (C=O) groups is 4. The third kappa shape index (κ3) is 5.93. The second kappa shape index (κ2) is 12.2. The molecule has 0 saturated carbocycles. The van der Waals surface area contributed by atoms with Crippen LogP contribution in [0.25, 0.3) is 21.5 Å². The van der Waals surface area contributed by atoms with Crippen LogP contribution in [0.5, 0.6) is 5.75 Å². The number of carbonyl (C=O) groups excluding carboxylic acids is 4. The molecule has 4 rings (SSSR count). The lowest BCUT2D eigenvalue weighted by Gasteiger charge is -2.27. The predicted octanol–water partition coefficient (Wildman–Crippen LogP) is 3.53. The van der Waals surface area contributed by atoms with Gasteiger partial charge in [-0.05, 0) is 48.4 Å². The Kier molecular flexibility index (Phi) is 8.72. The molecule has 0 unspecified atom stereocenters. The van der Waals surface area contributed by atoms with E-state index in [0.717, 1.165) is 32.9 Å². The van der Waals surface area contributed by atoms with E-state index in [1.54, 1.807) is 21.0 Å². The zero-order valence-corrected chi connectivity index (χ0v) is 23.2. The Morgan fingerprint density at radius 3 is 2.02 bits per heavy atom. The minimum Gasteiger partial charge on any atom is -0.495 e. The number of nitrogens with one attached hydrogen (secondary N) is 3. The first-order chi connectivity index (χ1) is 19.1. The molecule has 3 atom stereocenters. The molecular formula is C31H35N3O6. The molecule has 1 fully saturated rings. The Morgan fingerprint density at radius 2 is 1.48 bits per heavy atom. The Labute approximate surface area is 233 Å². The van der Waals surface area contributed by atoms with Crippen molar-refractivity contribution < 1.29 is 28.7 Å². The molecule has 210 valence electrons. The smallest absolute Gasteiger partial charge is 0.329 e. The molecule has 40 heavy (non-hydrogen) atoms. The Bertz CT molecular complexity index is 1420. The van der Waals surface area contributed by atoms with Crippen LogP contribution in [0.4, 0.5) is 0 Å². The van der Waals surface area contributed by atoms with Crippen LogP contribution in [0.3, 0.4) is 0 Å². The molecule has 1 aliphatic rings. The summed E-state index contributed by atoms with van der Waals surface area (Å²) in [6.45, 7) is 8.54. The molecule has 0 bridgehead atoms. The molecule has 0 aliphatic carbocycles. The van der Waals surface area contributed by atoms with Gasteiger partial charge in [0, 0.05) is 10.8 Å². The van der Waals surface area contributed by atoms with Gasteiger partial charge in [-0.1, -0.05) is 69.0 Å². The van der Waals surface area contributed by atoms with Crippen LogP contribution in [-0.2, 0) is 30.3 Å². The maximum atomic E-state index is 13.2. The first kappa shape index (κ1) is 28.6. The average Bonchev–Trinajstić information content (AvgIpc) is 2.93. The lowest BCUT2D eigenvalue weighted by Crippen LogP contribution is -2.54. The van der Waals surface area contributed by atoms with Crippen molar-refractivity contribution in [1.29, 1.82) is 0 Å². The van der Waals surface area contributed by atoms with Gasteiger partial charge in [0.25, 0.3) is 11.8 Å². The summed E-state index contributed by atoms with van der Waals surface area (Å²) in [5.41, 5.74) is 0.885. The number of ether oxygens (including phenoxy) is 2. The van der Waals surface area contributed by atoms with Crippen molar-refractivity contribution in [3.63, 3.8) is 0 Å². The number of methoxy groups -OCH3 is 1. The number of amides is 3. The van der Waals surface area contributed by atoms with Crippen molar-refractivity contribution in [3.05, 3.63) is 66.4 Å². The largest absolute Gasteiger partial charge is 0.495 e. The fourth-order valence-corrected chi connectivity index (χ4v) is 5.03. The van der Waals surface area contributed by atoms with E-state index in [2.05, 4.69) is 34.7 Å². The highest BCUT2D eigenvalue weighted by Crippen LogP contribution is 2.38. The lowest BCUT2D eigenvalue weighted by molar-refractivity contribution is -0.161. The summed E-state index contributed by atoms with van der Waals surface area (Å²) in [5, 5.41) is 11.8. The number of rotatable bonds is 6. The van der Waals surface area contributed by atoms with Crippen LogP contribution in [0.2, 0.25) is 0 Å². The van der Waals surface area contributed by atoms with E-state index in [9.17, 15) is 19.2 Å².